The molecule has 0 aliphatic rings. The fraction of sp³-hybridized carbons (Fsp3) is 1.00. The summed E-state index contributed by atoms with van der Waals surface area (Å²) in [4.78, 5) is 0. The molecule has 0 amide bonds. The van der Waals surface area contributed by atoms with Crippen LogP contribution < -0.4 is 5.32 Å². The third-order valence-corrected chi connectivity index (χ3v) is 4.53. The summed E-state index contributed by atoms with van der Waals surface area (Å²) in [7, 11) is -0.661. The predicted octanol–water partition coefficient (Wildman–Crippen LogP) is 2.31. The zero-order valence-corrected chi connectivity index (χ0v) is 10.8. The fourth-order valence-corrected chi connectivity index (χ4v) is 2.67. The van der Waals surface area contributed by atoms with E-state index >= 15 is 0 Å². The van der Waals surface area contributed by atoms with E-state index in [9.17, 15) is 4.21 Å². The standard InChI is InChI=1S/C11H25NOS/c1-5-8-12-11(7-3)9-14(13)10(4)6-2/h10-12H,5-9H2,1-4H3. The van der Waals surface area contributed by atoms with Crippen molar-refractivity contribution in [2.75, 3.05) is 12.3 Å². The zero-order valence-electron chi connectivity index (χ0n) is 10.0. The molecule has 0 aromatic rings. The maximum Gasteiger partial charge on any atom is 0.0391 e. The van der Waals surface area contributed by atoms with E-state index in [2.05, 4.69) is 33.0 Å². The number of hydrogen-bond donors (Lipinski definition) is 1. The first-order chi connectivity index (χ1) is 6.65. The minimum atomic E-state index is -0.661. The van der Waals surface area contributed by atoms with Gasteiger partial charge in [-0.15, -0.1) is 0 Å². The molecular weight excluding hydrogens is 194 g/mol. The van der Waals surface area contributed by atoms with Crippen LogP contribution in [0.15, 0.2) is 0 Å². The Morgan fingerprint density at radius 3 is 2.29 bits per heavy atom. The molecule has 0 aliphatic heterocycles. The van der Waals surface area contributed by atoms with Crippen LogP contribution in [0.4, 0.5) is 0 Å². The highest BCUT2D eigenvalue weighted by atomic mass is 32.2. The van der Waals surface area contributed by atoms with Crippen molar-refractivity contribution < 1.29 is 4.21 Å². The van der Waals surface area contributed by atoms with Crippen LogP contribution in [-0.2, 0) is 10.8 Å². The Bertz CT molecular complexity index is 161. The van der Waals surface area contributed by atoms with Gasteiger partial charge in [0, 0.05) is 27.8 Å². The zero-order chi connectivity index (χ0) is 11.0. The van der Waals surface area contributed by atoms with E-state index < -0.39 is 10.8 Å². The van der Waals surface area contributed by atoms with Crippen molar-refractivity contribution in [1.29, 1.82) is 0 Å². The van der Waals surface area contributed by atoms with Gasteiger partial charge in [-0.25, -0.2) is 0 Å². The number of hydrogen-bond acceptors (Lipinski definition) is 2. The van der Waals surface area contributed by atoms with Gasteiger partial charge in [-0.05, 0) is 25.8 Å². The lowest BCUT2D eigenvalue weighted by molar-refractivity contribution is 0.532. The summed E-state index contributed by atoms with van der Waals surface area (Å²) in [5, 5.41) is 3.78. The van der Waals surface area contributed by atoms with Crippen molar-refractivity contribution in [1.82, 2.24) is 5.32 Å². The highest BCUT2D eigenvalue weighted by Gasteiger charge is 2.14. The molecule has 0 heterocycles. The van der Waals surface area contributed by atoms with Crippen molar-refractivity contribution in [3.8, 4) is 0 Å². The van der Waals surface area contributed by atoms with Gasteiger partial charge in [0.25, 0.3) is 0 Å². The summed E-state index contributed by atoms with van der Waals surface area (Å²) in [5.41, 5.74) is 0. The van der Waals surface area contributed by atoms with E-state index in [0.717, 1.165) is 31.6 Å². The molecular formula is C11H25NOS. The first kappa shape index (κ1) is 14.1. The van der Waals surface area contributed by atoms with Crippen LogP contribution in [0.3, 0.4) is 0 Å². The normalized spacial score (nSPS) is 17.7. The molecule has 3 heteroatoms. The van der Waals surface area contributed by atoms with Crippen molar-refractivity contribution in [2.24, 2.45) is 0 Å². The second-order valence-corrected chi connectivity index (χ2v) is 5.73. The Morgan fingerprint density at radius 1 is 1.21 bits per heavy atom. The fourth-order valence-electron chi connectivity index (χ4n) is 1.22. The van der Waals surface area contributed by atoms with Gasteiger partial charge >= 0.3 is 0 Å². The van der Waals surface area contributed by atoms with Crippen molar-refractivity contribution in [3.63, 3.8) is 0 Å². The Labute approximate surface area is 91.3 Å². The molecule has 0 aromatic carbocycles. The Balaban J connectivity index is 3.85. The lowest BCUT2D eigenvalue weighted by Crippen LogP contribution is -2.35. The maximum absolute atomic E-state index is 11.8. The summed E-state index contributed by atoms with van der Waals surface area (Å²) in [6, 6.07) is 0.435. The predicted molar refractivity (Wildman–Crippen MR) is 65.1 cm³/mol. The van der Waals surface area contributed by atoms with Gasteiger partial charge in [0.1, 0.15) is 0 Å². The summed E-state index contributed by atoms with van der Waals surface area (Å²) >= 11 is 0. The van der Waals surface area contributed by atoms with Crippen LogP contribution in [0.5, 0.6) is 0 Å². The summed E-state index contributed by atoms with van der Waals surface area (Å²) in [5.74, 6) is 0.811. The van der Waals surface area contributed by atoms with Crippen molar-refractivity contribution in [3.05, 3.63) is 0 Å². The molecule has 0 rings (SSSR count). The molecule has 14 heavy (non-hydrogen) atoms. The van der Waals surface area contributed by atoms with Gasteiger partial charge in [-0.1, -0.05) is 27.7 Å². The first-order valence-corrected chi connectivity index (χ1v) is 7.14. The molecule has 3 atom stereocenters. The molecule has 0 aliphatic carbocycles. The largest absolute Gasteiger partial charge is 0.313 e. The van der Waals surface area contributed by atoms with Gasteiger partial charge in [0.2, 0.25) is 0 Å². The molecule has 1 N–H and O–H groups in total. The van der Waals surface area contributed by atoms with Gasteiger partial charge < -0.3 is 5.32 Å². The Kier molecular flexibility index (Phi) is 8.49. The average molecular weight is 219 g/mol. The quantitative estimate of drug-likeness (QED) is 0.679. The third kappa shape index (κ3) is 5.76. The minimum absolute atomic E-state index is 0.340. The second kappa shape index (κ2) is 8.42. The summed E-state index contributed by atoms with van der Waals surface area (Å²) < 4.78 is 11.8. The molecule has 0 radical (unpaired) electrons. The van der Waals surface area contributed by atoms with E-state index in [0.29, 0.717) is 11.3 Å². The van der Waals surface area contributed by atoms with Crippen LogP contribution >= 0.6 is 0 Å². The molecule has 0 saturated heterocycles. The van der Waals surface area contributed by atoms with E-state index in [1.54, 1.807) is 0 Å². The van der Waals surface area contributed by atoms with Gasteiger partial charge in [-0.3, -0.25) is 4.21 Å². The monoisotopic (exact) mass is 219 g/mol. The lowest BCUT2D eigenvalue weighted by atomic mass is 10.2. The molecule has 0 bridgehead atoms. The summed E-state index contributed by atoms with van der Waals surface area (Å²) in [6.07, 6.45) is 3.23. The van der Waals surface area contributed by atoms with Gasteiger partial charge in [0.15, 0.2) is 0 Å². The SMILES string of the molecule is CCCNC(CC)CS(=O)C(C)CC. The summed E-state index contributed by atoms with van der Waals surface area (Å²) in [6.45, 7) is 9.52. The van der Waals surface area contributed by atoms with Crippen LogP contribution in [0.25, 0.3) is 0 Å². The lowest BCUT2D eigenvalue weighted by Gasteiger charge is -2.18. The molecule has 0 fully saturated rings. The first-order valence-electron chi connectivity index (χ1n) is 5.76. The van der Waals surface area contributed by atoms with Crippen LogP contribution in [0.1, 0.15) is 47.0 Å². The Morgan fingerprint density at radius 2 is 1.86 bits per heavy atom. The Hall–Kier alpha value is 0.110. The molecule has 0 spiro atoms. The van der Waals surface area contributed by atoms with E-state index in [1.807, 2.05) is 0 Å². The molecule has 3 unspecified atom stereocenters. The highest BCUT2D eigenvalue weighted by Crippen LogP contribution is 2.04. The maximum atomic E-state index is 11.8. The van der Waals surface area contributed by atoms with Crippen LogP contribution in [-0.4, -0.2) is 27.8 Å². The molecule has 0 aromatic heterocycles. The van der Waals surface area contributed by atoms with Gasteiger partial charge in [0.05, 0.1) is 0 Å². The van der Waals surface area contributed by atoms with Crippen LogP contribution in [0, 0.1) is 0 Å². The average Bonchev–Trinajstić information content (AvgIpc) is 2.22. The van der Waals surface area contributed by atoms with E-state index in [4.69, 9.17) is 0 Å². The van der Waals surface area contributed by atoms with Crippen LogP contribution in [0.2, 0.25) is 0 Å². The molecule has 86 valence electrons. The van der Waals surface area contributed by atoms with E-state index in [1.165, 1.54) is 0 Å². The molecule has 0 saturated carbocycles. The van der Waals surface area contributed by atoms with Crippen molar-refractivity contribution >= 4 is 10.8 Å². The van der Waals surface area contributed by atoms with Crippen molar-refractivity contribution in [2.45, 2.75) is 58.2 Å². The number of nitrogens with one attached hydrogen (secondary N) is 1. The second-order valence-electron chi connectivity index (χ2n) is 3.83. The van der Waals surface area contributed by atoms with E-state index in [-0.39, 0.29) is 0 Å². The highest BCUT2D eigenvalue weighted by molar-refractivity contribution is 7.85. The topological polar surface area (TPSA) is 29.1 Å². The number of rotatable bonds is 8. The van der Waals surface area contributed by atoms with Gasteiger partial charge in [-0.2, -0.15) is 0 Å². The molecule has 2 nitrogen and oxygen atoms in total. The third-order valence-electron chi connectivity index (χ3n) is 2.56. The minimum Gasteiger partial charge on any atom is -0.313 e. The smallest absolute Gasteiger partial charge is 0.0391 e.